The first kappa shape index (κ1) is 17.6. The molecule has 4 heterocycles. The van der Waals surface area contributed by atoms with Crippen molar-refractivity contribution in [3.63, 3.8) is 0 Å². The van der Waals surface area contributed by atoms with E-state index in [2.05, 4.69) is 14.9 Å². The summed E-state index contributed by atoms with van der Waals surface area (Å²) in [6.45, 7) is 2.20. The van der Waals surface area contributed by atoms with Gasteiger partial charge in [-0.25, -0.2) is 9.97 Å². The second kappa shape index (κ2) is 7.15. The standard InChI is InChI=1S/C22H26N4O2/c27-20-7-6-19(18-9-23-14-24-10-18)21-17-8-15(12-26(20)21)11-25(13-17)22(28)16-4-2-1-3-5-16/h6-7,9-10,14-17H,1-5,8,11-13H2/t15-,17-/m0/s1. The van der Waals surface area contributed by atoms with Crippen molar-refractivity contribution in [1.82, 2.24) is 19.4 Å². The molecule has 2 aromatic heterocycles. The van der Waals surface area contributed by atoms with Crippen LogP contribution in [0.15, 0.2) is 35.6 Å². The maximum absolute atomic E-state index is 13.2. The number of fused-ring (bicyclic) bond motifs is 4. The molecule has 0 aromatic carbocycles. The minimum absolute atomic E-state index is 0.0531. The Balaban J connectivity index is 1.49. The zero-order chi connectivity index (χ0) is 19.1. The molecule has 0 radical (unpaired) electrons. The van der Waals surface area contributed by atoms with Crippen molar-refractivity contribution in [2.45, 2.75) is 51.0 Å². The van der Waals surface area contributed by atoms with Crippen LogP contribution in [-0.4, -0.2) is 38.4 Å². The second-order valence-corrected chi connectivity index (χ2v) is 8.59. The number of carbonyl (C=O) groups is 1. The number of likely N-dealkylation sites (tertiary alicyclic amines) is 1. The van der Waals surface area contributed by atoms with E-state index in [1.54, 1.807) is 18.5 Å². The quantitative estimate of drug-likeness (QED) is 0.806. The fourth-order valence-electron chi connectivity index (χ4n) is 5.48. The molecule has 2 aliphatic heterocycles. The smallest absolute Gasteiger partial charge is 0.250 e. The van der Waals surface area contributed by atoms with E-state index in [-0.39, 0.29) is 17.4 Å². The Bertz CT molecular complexity index is 933. The molecule has 146 valence electrons. The molecular formula is C22H26N4O2. The number of pyridine rings is 1. The Morgan fingerprint density at radius 3 is 2.57 bits per heavy atom. The first-order chi connectivity index (χ1) is 13.7. The van der Waals surface area contributed by atoms with Crippen molar-refractivity contribution in [3.05, 3.63) is 46.9 Å². The Morgan fingerprint density at radius 1 is 1.00 bits per heavy atom. The van der Waals surface area contributed by atoms with Crippen LogP contribution in [0.2, 0.25) is 0 Å². The summed E-state index contributed by atoms with van der Waals surface area (Å²) in [6.07, 6.45) is 11.8. The highest BCUT2D eigenvalue weighted by molar-refractivity contribution is 5.79. The SMILES string of the molecule is O=C(C1CCCCC1)N1C[C@@H]2C[C@@H](C1)c1c(-c3cncnc3)ccc(=O)n1C2. The van der Waals surface area contributed by atoms with Gasteiger partial charge in [0.15, 0.2) is 0 Å². The Morgan fingerprint density at radius 2 is 1.79 bits per heavy atom. The van der Waals surface area contributed by atoms with Gasteiger partial charge in [-0.1, -0.05) is 19.3 Å². The van der Waals surface area contributed by atoms with Crippen LogP contribution < -0.4 is 5.56 Å². The average Bonchev–Trinajstić information content (AvgIpc) is 2.75. The van der Waals surface area contributed by atoms with Gasteiger partial charge in [-0.05, 0) is 31.2 Å². The van der Waals surface area contributed by atoms with Crippen molar-refractivity contribution < 1.29 is 4.79 Å². The lowest BCUT2D eigenvalue weighted by atomic mass is 9.79. The highest BCUT2D eigenvalue weighted by Crippen LogP contribution is 2.40. The number of aromatic nitrogens is 3. The average molecular weight is 378 g/mol. The molecule has 5 rings (SSSR count). The van der Waals surface area contributed by atoms with Gasteiger partial charge in [-0.2, -0.15) is 0 Å². The minimum Gasteiger partial charge on any atom is -0.341 e. The predicted octanol–water partition coefficient (Wildman–Crippen LogP) is 2.83. The fourth-order valence-corrected chi connectivity index (χ4v) is 5.48. The van der Waals surface area contributed by atoms with Gasteiger partial charge in [0.25, 0.3) is 5.56 Å². The van der Waals surface area contributed by atoms with Gasteiger partial charge in [0.05, 0.1) is 0 Å². The highest BCUT2D eigenvalue weighted by atomic mass is 16.2. The van der Waals surface area contributed by atoms with Crippen LogP contribution in [0.1, 0.15) is 50.1 Å². The largest absolute Gasteiger partial charge is 0.341 e. The van der Waals surface area contributed by atoms with E-state index in [9.17, 15) is 9.59 Å². The molecule has 2 aromatic rings. The second-order valence-electron chi connectivity index (χ2n) is 8.59. The lowest BCUT2D eigenvalue weighted by Gasteiger charge is -2.44. The third kappa shape index (κ3) is 3.05. The van der Waals surface area contributed by atoms with Crippen LogP contribution >= 0.6 is 0 Å². The summed E-state index contributed by atoms with van der Waals surface area (Å²) in [4.78, 5) is 36.2. The van der Waals surface area contributed by atoms with E-state index in [0.717, 1.165) is 49.2 Å². The molecule has 2 bridgehead atoms. The van der Waals surface area contributed by atoms with Gasteiger partial charge in [-0.15, -0.1) is 0 Å². The zero-order valence-electron chi connectivity index (χ0n) is 16.1. The lowest BCUT2D eigenvalue weighted by molar-refractivity contribution is -0.139. The number of nitrogens with zero attached hydrogens (tertiary/aromatic N) is 4. The number of hydrogen-bond acceptors (Lipinski definition) is 4. The first-order valence-corrected chi connectivity index (χ1v) is 10.5. The van der Waals surface area contributed by atoms with Crippen molar-refractivity contribution >= 4 is 5.91 Å². The van der Waals surface area contributed by atoms with Crippen molar-refractivity contribution in [1.29, 1.82) is 0 Å². The summed E-state index contributed by atoms with van der Waals surface area (Å²) < 4.78 is 1.93. The Hall–Kier alpha value is -2.50. The first-order valence-electron chi connectivity index (χ1n) is 10.5. The van der Waals surface area contributed by atoms with Crippen molar-refractivity contribution in [2.75, 3.05) is 13.1 Å². The summed E-state index contributed by atoms with van der Waals surface area (Å²) in [6, 6.07) is 3.55. The molecule has 0 unspecified atom stereocenters. The molecular weight excluding hydrogens is 352 g/mol. The van der Waals surface area contributed by atoms with Crippen LogP contribution in [0.25, 0.3) is 11.1 Å². The number of piperidine rings is 1. The molecule has 1 saturated carbocycles. The molecule has 6 nitrogen and oxygen atoms in total. The van der Waals surface area contributed by atoms with E-state index in [1.807, 2.05) is 10.6 Å². The summed E-state index contributed by atoms with van der Waals surface area (Å²) in [5, 5.41) is 0. The third-order valence-corrected chi connectivity index (χ3v) is 6.73. The summed E-state index contributed by atoms with van der Waals surface area (Å²) in [5.74, 6) is 1.10. The van der Waals surface area contributed by atoms with E-state index in [0.29, 0.717) is 18.4 Å². The van der Waals surface area contributed by atoms with Gasteiger partial charge >= 0.3 is 0 Å². The Kier molecular flexibility index (Phi) is 4.49. The number of rotatable bonds is 2. The predicted molar refractivity (Wildman–Crippen MR) is 106 cm³/mol. The molecule has 1 amide bonds. The van der Waals surface area contributed by atoms with E-state index >= 15 is 0 Å². The molecule has 1 saturated heterocycles. The number of hydrogen-bond donors (Lipinski definition) is 0. The monoisotopic (exact) mass is 378 g/mol. The molecule has 0 N–H and O–H groups in total. The van der Waals surface area contributed by atoms with Crippen LogP contribution in [0.4, 0.5) is 0 Å². The van der Waals surface area contributed by atoms with E-state index in [1.165, 1.54) is 25.6 Å². The molecule has 2 fully saturated rings. The molecule has 3 aliphatic rings. The fraction of sp³-hybridized carbons (Fsp3) is 0.545. The maximum Gasteiger partial charge on any atom is 0.250 e. The van der Waals surface area contributed by atoms with Crippen molar-refractivity contribution in [2.24, 2.45) is 11.8 Å². The Labute approximate surface area is 164 Å². The van der Waals surface area contributed by atoms with Crippen molar-refractivity contribution in [3.8, 4) is 11.1 Å². The summed E-state index contributed by atoms with van der Waals surface area (Å²) in [5.41, 5.74) is 3.06. The molecule has 2 atom stereocenters. The van der Waals surface area contributed by atoms with Crippen LogP contribution in [0.5, 0.6) is 0 Å². The van der Waals surface area contributed by atoms with Gasteiger partial charge in [-0.3, -0.25) is 9.59 Å². The van der Waals surface area contributed by atoms with E-state index < -0.39 is 0 Å². The topological polar surface area (TPSA) is 68.1 Å². The van der Waals surface area contributed by atoms with Crippen LogP contribution in [0, 0.1) is 11.8 Å². The molecule has 6 heteroatoms. The minimum atomic E-state index is 0.0531. The van der Waals surface area contributed by atoms with Gasteiger partial charge < -0.3 is 9.47 Å². The molecule has 1 aliphatic carbocycles. The zero-order valence-corrected chi connectivity index (χ0v) is 16.1. The van der Waals surface area contributed by atoms with Crippen LogP contribution in [0.3, 0.4) is 0 Å². The van der Waals surface area contributed by atoms with Gasteiger partial charge in [0, 0.05) is 66.8 Å². The lowest BCUT2D eigenvalue weighted by Crippen LogP contribution is -2.51. The number of carbonyl (C=O) groups excluding carboxylic acids is 1. The summed E-state index contributed by atoms with van der Waals surface area (Å²) in [7, 11) is 0. The van der Waals surface area contributed by atoms with Gasteiger partial charge in [0.1, 0.15) is 6.33 Å². The normalized spacial score (nSPS) is 24.6. The third-order valence-electron chi connectivity index (χ3n) is 6.73. The maximum atomic E-state index is 13.2. The van der Waals surface area contributed by atoms with Crippen LogP contribution in [-0.2, 0) is 11.3 Å². The highest BCUT2D eigenvalue weighted by Gasteiger charge is 2.39. The summed E-state index contributed by atoms with van der Waals surface area (Å²) >= 11 is 0. The van der Waals surface area contributed by atoms with E-state index in [4.69, 9.17) is 0 Å². The molecule has 28 heavy (non-hydrogen) atoms. The van der Waals surface area contributed by atoms with Gasteiger partial charge in [0.2, 0.25) is 5.91 Å². The molecule has 0 spiro atoms. The number of amides is 1.